The largest absolute Gasteiger partial charge is 0.573 e. The Balaban J connectivity index is 1.46. The number of carbonyl (C=O) groups excluding carboxylic acids is 1. The van der Waals surface area contributed by atoms with E-state index in [0.717, 1.165) is 24.0 Å². The molecule has 4 rings (SSSR count). The number of nitrogens with zero attached hydrogens (tertiary/aromatic N) is 1. The molecule has 2 aromatic rings. The van der Waals surface area contributed by atoms with Gasteiger partial charge in [0.1, 0.15) is 12.4 Å². The van der Waals surface area contributed by atoms with Crippen molar-refractivity contribution in [2.75, 3.05) is 0 Å². The van der Waals surface area contributed by atoms with Gasteiger partial charge in [0.15, 0.2) is 0 Å². The van der Waals surface area contributed by atoms with E-state index in [4.69, 9.17) is 4.74 Å². The molecule has 7 heteroatoms. The zero-order valence-electron chi connectivity index (χ0n) is 15.6. The van der Waals surface area contributed by atoms with Crippen LogP contribution in [0.25, 0.3) is 5.57 Å². The van der Waals surface area contributed by atoms with Crippen LogP contribution in [0.3, 0.4) is 0 Å². The van der Waals surface area contributed by atoms with Crippen molar-refractivity contribution in [3.63, 3.8) is 0 Å². The summed E-state index contributed by atoms with van der Waals surface area (Å²) in [4.78, 5) is 14.4. The van der Waals surface area contributed by atoms with Crippen LogP contribution in [-0.4, -0.2) is 29.4 Å². The minimum Gasteiger partial charge on any atom is -0.445 e. The van der Waals surface area contributed by atoms with E-state index in [2.05, 4.69) is 4.74 Å². The van der Waals surface area contributed by atoms with Crippen molar-refractivity contribution in [3.8, 4) is 5.75 Å². The Morgan fingerprint density at radius 3 is 2.59 bits per heavy atom. The minimum atomic E-state index is -4.72. The van der Waals surface area contributed by atoms with Gasteiger partial charge in [-0.05, 0) is 48.1 Å². The first-order valence-electron chi connectivity index (χ1n) is 9.45. The first-order chi connectivity index (χ1) is 13.9. The van der Waals surface area contributed by atoms with Crippen LogP contribution in [0.4, 0.5) is 18.0 Å². The molecule has 2 aliphatic heterocycles. The van der Waals surface area contributed by atoms with Gasteiger partial charge in [-0.1, -0.05) is 48.5 Å². The zero-order valence-corrected chi connectivity index (χ0v) is 15.6. The topological polar surface area (TPSA) is 38.8 Å². The van der Waals surface area contributed by atoms with Gasteiger partial charge in [0.2, 0.25) is 0 Å². The first kappa shape index (κ1) is 19.4. The molecule has 1 saturated heterocycles. The average molecular weight is 403 g/mol. The van der Waals surface area contributed by atoms with E-state index in [9.17, 15) is 18.0 Å². The van der Waals surface area contributed by atoms with E-state index in [0.29, 0.717) is 12.0 Å². The van der Waals surface area contributed by atoms with E-state index in [1.54, 1.807) is 17.0 Å². The highest BCUT2D eigenvalue weighted by atomic mass is 19.4. The van der Waals surface area contributed by atoms with E-state index in [-0.39, 0.29) is 30.5 Å². The molecule has 0 saturated carbocycles. The van der Waals surface area contributed by atoms with Crippen molar-refractivity contribution < 1.29 is 27.4 Å². The molecule has 2 unspecified atom stereocenters. The molecule has 0 spiro atoms. The van der Waals surface area contributed by atoms with Crippen LogP contribution in [0, 0.1) is 0 Å². The predicted octanol–water partition coefficient (Wildman–Crippen LogP) is 5.54. The summed E-state index contributed by atoms with van der Waals surface area (Å²) in [5, 5.41) is 0. The summed E-state index contributed by atoms with van der Waals surface area (Å²) in [5.74, 6) is -0.243. The molecule has 0 radical (unpaired) electrons. The van der Waals surface area contributed by atoms with Gasteiger partial charge in [-0.25, -0.2) is 4.79 Å². The van der Waals surface area contributed by atoms with Gasteiger partial charge in [0.25, 0.3) is 0 Å². The second-order valence-corrected chi connectivity index (χ2v) is 7.22. The fraction of sp³-hybridized carbons (Fsp3) is 0.318. The van der Waals surface area contributed by atoms with E-state index < -0.39 is 6.36 Å². The summed E-state index contributed by atoms with van der Waals surface area (Å²) in [6.07, 6.45) is -0.896. The Bertz CT molecular complexity index is 911. The van der Waals surface area contributed by atoms with Crippen molar-refractivity contribution in [2.24, 2.45) is 0 Å². The molecule has 0 N–H and O–H groups in total. The first-order valence-corrected chi connectivity index (χ1v) is 9.45. The van der Waals surface area contributed by atoms with Crippen LogP contribution in [0.5, 0.6) is 5.75 Å². The molecule has 1 amide bonds. The molecule has 4 nitrogen and oxygen atoms in total. The van der Waals surface area contributed by atoms with Crippen molar-refractivity contribution in [1.82, 2.24) is 4.90 Å². The van der Waals surface area contributed by atoms with Crippen LogP contribution in [0.1, 0.15) is 30.4 Å². The second-order valence-electron chi connectivity index (χ2n) is 7.22. The second kappa shape index (κ2) is 7.81. The quantitative estimate of drug-likeness (QED) is 0.673. The lowest BCUT2D eigenvalue weighted by Crippen LogP contribution is -2.43. The highest BCUT2D eigenvalue weighted by Gasteiger charge is 2.40. The number of amides is 1. The SMILES string of the molecule is O=C(OCc1ccccc1)N1C2C=C(c3cccc(OC(F)(F)F)c3)CC1CC2. The average Bonchev–Trinajstić information content (AvgIpc) is 2.95. The maximum absolute atomic E-state index is 12.6. The van der Waals surface area contributed by atoms with Crippen LogP contribution in [0.2, 0.25) is 0 Å². The molecular formula is C22H20F3NO3. The Morgan fingerprint density at radius 2 is 1.86 bits per heavy atom. The van der Waals surface area contributed by atoms with Crippen LogP contribution in [0.15, 0.2) is 60.7 Å². The smallest absolute Gasteiger partial charge is 0.445 e. The van der Waals surface area contributed by atoms with Gasteiger partial charge >= 0.3 is 12.5 Å². The van der Waals surface area contributed by atoms with E-state index in [1.165, 1.54) is 12.1 Å². The van der Waals surface area contributed by atoms with Crippen molar-refractivity contribution >= 4 is 11.7 Å². The standard InChI is InChI=1S/C22H20F3NO3/c23-22(24,25)29-20-8-4-7-16(13-20)17-11-18-9-10-19(12-17)26(18)21(27)28-14-15-5-2-1-3-6-15/h1-8,11,13,18-19H,9-10,12,14H2. The Hall–Kier alpha value is -2.96. The third-order valence-corrected chi connectivity index (χ3v) is 5.25. The van der Waals surface area contributed by atoms with Crippen LogP contribution >= 0.6 is 0 Å². The fourth-order valence-corrected chi connectivity index (χ4v) is 4.02. The molecule has 2 bridgehead atoms. The van der Waals surface area contributed by atoms with E-state index >= 15 is 0 Å². The summed E-state index contributed by atoms with van der Waals surface area (Å²) in [7, 11) is 0. The number of hydrogen-bond acceptors (Lipinski definition) is 3. The van der Waals surface area contributed by atoms with Crippen LogP contribution < -0.4 is 4.74 Å². The summed E-state index contributed by atoms with van der Waals surface area (Å²) in [5.41, 5.74) is 2.53. The normalized spacial score (nSPS) is 20.9. The highest BCUT2D eigenvalue weighted by molar-refractivity contribution is 5.75. The van der Waals surface area contributed by atoms with Crippen LogP contribution in [-0.2, 0) is 11.3 Å². The summed E-state index contributed by atoms with van der Waals surface area (Å²) in [6, 6.07) is 15.3. The highest BCUT2D eigenvalue weighted by Crippen LogP contribution is 2.39. The molecule has 29 heavy (non-hydrogen) atoms. The number of halogens is 3. The number of alkyl halides is 3. The molecular weight excluding hydrogens is 383 g/mol. The van der Waals surface area contributed by atoms with Gasteiger partial charge in [0, 0.05) is 6.04 Å². The summed E-state index contributed by atoms with van der Waals surface area (Å²) in [6.45, 7) is 0.211. The molecule has 0 aliphatic carbocycles. The van der Waals surface area contributed by atoms with Gasteiger partial charge in [0.05, 0.1) is 6.04 Å². The molecule has 2 aromatic carbocycles. The third kappa shape index (κ3) is 4.55. The molecule has 2 heterocycles. The lowest BCUT2D eigenvalue weighted by molar-refractivity contribution is -0.274. The molecule has 152 valence electrons. The zero-order chi connectivity index (χ0) is 20.4. The molecule has 0 aromatic heterocycles. The monoisotopic (exact) mass is 403 g/mol. The lowest BCUT2D eigenvalue weighted by Gasteiger charge is -2.33. The number of rotatable bonds is 4. The van der Waals surface area contributed by atoms with Gasteiger partial charge in [-0.3, -0.25) is 4.90 Å². The van der Waals surface area contributed by atoms with Gasteiger partial charge in [-0.15, -0.1) is 13.2 Å². The van der Waals surface area contributed by atoms with E-state index in [1.807, 2.05) is 36.4 Å². The molecule has 1 fully saturated rings. The minimum absolute atomic E-state index is 0.0181. The number of benzene rings is 2. The number of hydrogen-bond donors (Lipinski definition) is 0. The van der Waals surface area contributed by atoms with Crippen molar-refractivity contribution in [2.45, 2.75) is 44.3 Å². The van der Waals surface area contributed by atoms with Crippen molar-refractivity contribution in [3.05, 3.63) is 71.8 Å². The van der Waals surface area contributed by atoms with Gasteiger partial charge in [-0.2, -0.15) is 0 Å². The predicted molar refractivity (Wildman–Crippen MR) is 101 cm³/mol. The molecule has 2 atom stereocenters. The maximum Gasteiger partial charge on any atom is 0.573 e. The Morgan fingerprint density at radius 1 is 1.07 bits per heavy atom. The Labute approximate surface area is 166 Å². The maximum atomic E-state index is 12.6. The third-order valence-electron chi connectivity index (χ3n) is 5.25. The lowest BCUT2D eigenvalue weighted by atomic mass is 9.95. The number of fused-ring (bicyclic) bond motifs is 2. The Kier molecular flexibility index (Phi) is 5.22. The summed E-state index contributed by atoms with van der Waals surface area (Å²) >= 11 is 0. The number of carbonyl (C=O) groups is 1. The van der Waals surface area contributed by atoms with Gasteiger partial charge < -0.3 is 9.47 Å². The molecule has 2 aliphatic rings. The van der Waals surface area contributed by atoms with Crippen molar-refractivity contribution in [1.29, 1.82) is 0 Å². The summed E-state index contributed by atoms with van der Waals surface area (Å²) < 4.78 is 47.0. The fourth-order valence-electron chi connectivity index (χ4n) is 4.02. The number of ether oxygens (including phenoxy) is 2.